The van der Waals surface area contributed by atoms with Gasteiger partial charge in [0.15, 0.2) is 0 Å². The minimum atomic E-state index is -0.347. The van der Waals surface area contributed by atoms with Crippen LogP contribution in [0.2, 0.25) is 0 Å². The van der Waals surface area contributed by atoms with Crippen molar-refractivity contribution in [2.24, 2.45) is 0 Å². The molecule has 1 aromatic heterocycles. The van der Waals surface area contributed by atoms with Gasteiger partial charge in [-0.1, -0.05) is 0 Å². The number of nitrogens with zero attached hydrogens (tertiary/aromatic N) is 4. The fourth-order valence-corrected chi connectivity index (χ4v) is 2.76. The minimum absolute atomic E-state index is 0.0698. The Bertz CT molecular complexity index is 786. The van der Waals surface area contributed by atoms with E-state index >= 15 is 0 Å². The number of morpholine rings is 1. The van der Waals surface area contributed by atoms with Gasteiger partial charge in [0, 0.05) is 37.7 Å². The van der Waals surface area contributed by atoms with Crippen molar-refractivity contribution in [2.45, 2.75) is 6.92 Å². The Balaban J connectivity index is 1.53. The third kappa shape index (κ3) is 5.01. The van der Waals surface area contributed by atoms with E-state index in [0.717, 1.165) is 37.7 Å². The largest absolute Gasteiger partial charge is 0.378 e. The van der Waals surface area contributed by atoms with Crippen molar-refractivity contribution in [3.63, 3.8) is 0 Å². The van der Waals surface area contributed by atoms with Crippen molar-refractivity contribution in [2.75, 3.05) is 50.1 Å². The second-order valence-corrected chi connectivity index (χ2v) is 6.40. The van der Waals surface area contributed by atoms with Crippen LogP contribution in [0.25, 0.3) is 0 Å². The highest BCUT2D eigenvalue weighted by Gasteiger charge is 2.17. The lowest BCUT2D eigenvalue weighted by Crippen LogP contribution is -2.36. The Morgan fingerprint density at radius 2 is 1.85 bits per heavy atom. The highest BCUT2D eigenvalue weighted by atomic mass is 16.5. The summed E-state index contributed by atoms with van der Waals surface area (Å²) in [6.45, 7) is 4.90. The van der Waals surface area contributed by atoms with Gasteiger partial charge in [0.25, 0.3) is 5.91 Å². The molecular formula is C19H23N5O3. The van der Waals surface area contributed by atoms with Gasteiger partial charge in [0.1, 0.15) is 5.69 Å². The Hall–Kier alpha value is -3.00. The van der Waals surface area contributed by atoms with Gasteiger partial charge >= 0.3 is 0 Å². The first-order valence-corrected chi connectivity index (χ1v) is 8.79. The topological polar surface area (TPSA) is 87.7 Å². The van der Waals surface area contributed by atoms with Gasteiger partial charge < -0.3 is 19.9 Å². The lowest BCUT2D eigenvalue weighted by molar-refractivity contribution is -0.116. The molecule has 1 aromatic carbocycles. The molecule has 2 amide bonds. The summed E-state index contributed by atoms with van der Waals surface area (Å²) in [5.74, 6) is -0.620. The number of likely N-dealkylation sites (N-methyl/N-ethyl adjacent to an activating group) is 1. The summed E-state index contributed by atoms with van der Waals surface area (Å²) in [6.07, 6.45) is 2.94. The van der Waals surface area contributed by atoms with E-state index in [1.54, 1.807) is 14.0 Å². The molecule has 0 bridgehead atoms. The molecule has 0 radical (unpaired) electrons. The number of benzene rings is 1. The zero-order chi connectivity index (χ0) is 19.2. The van der Waals surface area contributed by atoms with Crippen LogP contribution >= 0.6 is 0 Å². The van der Waals surface area contributed by atoms with Crippen molar-refractivity contribution < 1.29 is 14.3 Å². The predicted octanol–water partition coefficient (Wildman–Crippen LogP) is 1.33. The first kappa shape index (κ1) is 18.8. The maximum Gasteiger partial charge on any atom is 0.274 e. The van der Waals surface area contributed by atoms with E-state index < -0.39 is 0 Å². The molecule has 1 aliphatic heterocycles. The summed E-state index contributed by atoms with van der Waals surface area (Å²) in [6, 6.07) is 7.65. The zero-order valence-electron chi connectivity index (χ0n) is 15.5. The SMILES string of the molecule is Cc1cnc(C(=O)N(C)CC(=O)Nc2ccc(N3CCOCC3)cc2)cn1. The van der Waals surface area contributed by atoms with Crippen LogP contribution in [0.3, 0.4) is 0 Å². The standard InChI is InChI=1S/C19H23N5O3/c1-14-11-21-17(12-20-14)19(26)23(2)13-18(25)22-15-3-5-16(6-4-15)24-7-9-27-10-8-24/h3-6,11-12H,7-10,13H2,1-2H3,(H,22,25). The van der Waals surface area contributed by atoms with Crippen LogP contribution in [0.15, 0.2) is 36.7 Å². The van der Waals surface area contributed by atoms with E-state index in [0.29, 0.717) is 5.69 Å². The summed E-state index contributed by atoms with van der Waals surface area (Å²) in [7, 11) is 1.56. The molecule has 2 aromatic rings. The lowest BCUT2D eigenvalue weighted by Gasteiger charge is -2.28. The maximum atomic E-state index is 12.3. The fourth-order valence-electron chi connectivity index (χ4n) is 2.76. The van der Waals surface area contributed by atoms with Crippen LogP contribution in [-0.4, -0.2) is 66.6 Å². The number of carbonyl (C=O) groups is 2. The van der Waals surface area contributed by atoms with E-state index in [2.05, 4.69) is 20.2 Å². The number of ether oxygens (including phenoxy) is 1. The third-order valence-corrected chi connectivity index (χ3v) is 4.25. The number of aromatic nitrogens is 2. The van der Waals surface area contributed by atoms with E-state index in [9.17, 15) is 9.59 Å². The average Bonchev–Trinajstić information content (AvgIpc) is 2.69. The lowest BCUT2D eigenvalue weighted by atomic mass is 10.2. The van der Waals surface area contributed by atoms with Crippen molar-refractivity contribution in [1.29, 1.82) is 0 Å². The van der Waals surface area contributed by atoms with Crippen molar-refractivity contribution in [3.8, 4) is 0 Å². The van der Waals surface area contributed by atoms with Crippen molar-refractivity contribution >= 4 is 23.2 Å². The highest BCUT2D eigenvalue weighted by Crippen LogP contribution is 2.19. The summed E-state index contributed by atoms with van der Waals surface area (Å²) in [4.78, 5) is 36.2. The Morgan fingerprint density at radius 1 is 1.15 bits per heavy atom. The van der Waals surface area contributed by atoms with E-state index in [1.807, 2.05) is 24.3 Å². The molecule has 0 unspecified atom stereocenters. The van der Waals surface area contributed by atoms with Crippen LogP contribution in [0.4, 0.5) is 11.4 Å². The van der Waals surface area contributed by atoms with Gasteiger partial charge in [-0.2, -0.15) is 0 Å². The van der Waals surface area contributed by atoms with Crippen molar-refractivity contribution in [1.82, 2.24) is 14.9 Å². The van der Waals surface area contributed by atoms with Crippen LogP contribution in [0, 0.1) is 6.92 Å². The molecule has 3 rings (SSSR count). The molecular weight excluding hydrogens is 346 g/mol. The van der Waals surface area contributed by atoms with E-state index in [1.165, 1.54) is 17.3 Å². The summed E-state index contributed by atoms with van der Waals surface area (Å²) in [5.41, 5.74) is 2.73. The molecule has 8 nitrogen and oxygen atoms in total. The molecule has 142 valence electrons. The predicted molar refractivity (Wildman–Crippen MR) is 102 cm³/mol. The number of rotatable bonds is 5. The number of amides is 2. The molecule has 0 spiro atoms. The summed E-state index contributed by atoms with van der Waals surface area (Å²) >= 11 is 0. The van der Waals surface area contributed by atoms with E-state index in [4.69, 9.17) is 4.74 Å². The molecule has 1 aliphatic rings. The Labute approximate surface area is 158 Å². The summed E-state index contributed by atoms with van der Waals surface area (Å²) < 4.78 is 5.35. The van der Waals surface area contributed by atoms with Gasteiger partial charge in [0.2, 0.25) is 5.91 Å². The Morgan fingerprint density at radius 3 is 2.48 bits per heavy atom. The molecule has 8 heteroatoms. The first-order valence-electron chi connectivity index (χ1n) is 8.79. The Kier molecular flexibility index (Phi) is 5.97. The van der Waals surface area contributed by atoms with Crippen LogP contribution in [0.5, 0.6) is 0 Å². The number of anilines is 2. The van der Waals surface area contributed by atoms with Gasteiger partial charge in [-0.25, -0.2) is 4.98 Å². The number of hydrogen-bond acceptors (Lipinski definition) is 6. The monoisotopic (exact) mass is 369 g/mol. The smallest absolute Gasteiger partial charge is 0.274 e. The molecule has 0 aliphatic carbocycles. The molecule has 1 N–H and O–H groups in total. The summed E-state index contributed by atoms with van der Waals surface area (Å²) in [5, 5.41) is 2.81. The fraction of sp³-hybridized carbons (Fsp3) is 0.368. The average molecular weight is 369 g/mol. The third-order valence-electron chi connectivity index (χ3n) is 4.25. The molecule has 1 saturated heterocycles. The second kappa shape index (κ2) is 8.59. The number of nitrogens with one attached hydrogen (secondary N) is 1. The van der Waals surface area contributed by atoms with Crippen molar-refractivity contribution in [3.05, 3.63) is 48.0 Å². The highest BCUT2D eigenvalue weighted by molar-refractivity contribution is 5.98. The van der Waals surface area contributed by atoms with Crippen LogP contribution < -0.4 is 10.2 Å². The maximum absolute atomic E-state index is 12.3. The molecule has 2 heterocycles. The molecule has 0 saturated carbocycles. The first-order chi connectivity index (χ1) is 13.0. The normalized spacial score (nSPS) is 13.9. The molecule has 1 fully saturated rings. The number of aryl methyl sites for hydroxylation is 1. The second-order valence-electron chi connectivity index (χ2n) is 6.40. The minimum Gasteiger partial charge on any atom is -0.378 e. The molecule has 27 heavy (non-hydrogen) atoms. The van der Waals surface area contributed by atoms with Gasteiger partial charge in [-0.3, -0.25) is 14.6 Å². The van der Waals surface area contributed by atoms with Gasteiger partial charge in [0.05, 0.1) is 31.6 Å². The van der Waals surface area contributed by atoms with E-state index in [-0.39, 0.29) is 24.1 Å². The quantitative estimate of drug-likeness (QED) is 0.856. The zero-order valence-corrected chi connectivity index (χ0v) is 15.5. The number of hydrogen-bond donors (Lipinski definition) is 1. The van der Waals surface area contributed by atoms with Crippen LogP contribution in [0.1, 0.15) is 16.2 Å². The van der Waals surface area contributed by atoms with Gasteiger partial charge in [-0.15, -0.1) is 0 Å². The number of carbonyl (C=O) groups excluding carboxylic acids is 2. The van der Waals surface area contributed by atoms with Crippen LogP contribution in [-0.2, 0) is 9.53 Å². The van der Waals surface area contributed by atoms with Gasteiger partial charge in [-0.05, 0) is 31.2 Å². The molecule has 0 atom stereocenters.